The van der Waals surface area contributed by atoms with Gasteiger partial charge in [0.15, 0.2) is 0 Å². The van der Waals surface area contributed by atoms with Crippen LogP contribution in [0, 0.1) is 6.07 Å². The van der Waals surface area contributed by atoms with Crippen molar-refractivity contribution in [2.75, 3.05) is 6.54 Å². The molecule has 0 bridgehead atoms. The van der Waals surface area contributed by atoms with Crippen molar-refractivity contribution in [3.63, 3.8) is 0 Å². The third-order valence-corrected chi connectivity index (χ3v) is 1.35. The van der Waals surface area contributed by atoms with Crippen LogP contribution in [0.4, 0.5) is 0 Å². The molecule has 11 heavy (non-hydrogen) atoms. The molecule has 1 radical (unpaired) electrons. The molecule has 0 aromatic heterocycles. The quantitative estimate of drug-likeness (QED) is 0.357. The molecule has 0 spiro atoms. The second-order valence-electron chi connectivity index (χ2n) is 2.11. The van der Waals surface area contributed by atoms with E-state index in [-0.39, 0.29) is 0 Å². The average Bonchev–Trinajstić information content (AvgIpc) is 2.07. The van der Waals surface area contributed by atoms with Crippen LogP contribution in [0.1, 0.15) is 5.56 Å². The van der Waals surface area contributed by atoms with Crippen molar-refractivity contribution >= 4 is 0 Å². The monoisotopic (exact) mass is 146 g/mol. The molecule has 0 saturated heterocycles. The van der Waals surface area contributed by atoms with Crippen molar-refractivity contribution < 1.29 is 0 Å². The molecule has 0 unspecified atom stereocenters. The Morgan fingerprint density at radius 3 is 2.82 bits per heavy atom. The highest BCUT2D eigenvalue weighted by atomic mass is 15.1. The molecule has 3 heteroatoms. The van der Waals surface area contributed by atoms with Gasteiger partial charge in [0.2, 0.25) is 0 Å². The van der Waals surface area contributed by atoms with Gasteiger partial charge in [0.1, 0.15) is 0 Å². The van der Waals surface area contributed by atoms with Crippen LogP contribution in [0.3, 0.4) is 0 Å². The smallest absolute Gasteiger partial charge is 0.0298 e. The van der Waals surface area contributed by atoms with Gasteiger partial charge in [0, 0.05) is 11.5 Å². The second kappa shape index (κ2) is 4.36. The predicted molar refractivity (Wildman–Crippen MR) is 43.0 cm³/mol. The number of rotatable bonds is 3. The number of hydrogen-bond donors (Lipinski definition) is 0. The first-order valence-corrected chi connectivity index (χ1v) is 3.39. The van der Waals surface area contributed by atoms with E-state index in [1.54, 1.807) is 0 Å². The Balaban J connectivity index is 2.45. The van der Waals surface area contributed by atoms with Crippen LogP contribution in [-0.4, -0.2) is 6.54 Å². The van der Waals surface area contributed by atoms with Gasteiger partial charge in [-0.1, -0.05) is 29.4 Å². The topological polar surface area (TPSA) is 48.8 Å². The summed E-state index contributed by atoms with van der Waals surface area (Å²) in [5, 5.41) is 3.44. The summed E-state index contributed by atoms with van der Waals surface area (Å²) in [4.78, 5) is 2.67. The van der Waals surface area contributed by atoms with E-state index in [0.717, 1.165) is 6.42 Å². The predicted octanol–water partition coefficient (Wildman–Crippen LogP) is 2.34. The Morgan fingerprint density at radius 2 is 2.18 bits per heavy atom. The van der Waals surface area contributed by atoms with E-state index in [0.29, 0.717) is 6.54 Å². The summed E-state index contributed by atoms with van der Waals surface area (Å²) in [5.74, 6) is 0. The molecule has 0 aliphatic carbocycles. The lowest BCUT2D eigenvalue weighted by atomic mass is 10.2. The highest BCUT2D eigenvalue weighted by molar-refractivity contribution is 5.13. The summed E-state index contributed by atoms with van der Waals surface area (Å²) in [6.45, 7) is 0.528. The van der Waals surface area contributed by atoms with E-state index in [9.17, 15) is 0 Å². The fourth-order valence-electron chi connectivity index (χ4n) is 0.812. The first-order valence-electron chi connectivity index (χ1n) is 3.39. The number of azide groups is 1. The minimum Gasteiger partial charge on any atom is -0.0936 e. The molecule has 0 atom stereocenters. The molecular weight excluding hydrogens is 138 g/mol. The lowest BCUT2D eigenvalue weighted by Gasteiger charge is -1.93. The van der Waals surface area contributed by atoms with E-state index in [2.05, 4.69) is 16.1 Å². The third kappa shape index (κ3) is 2.74. The van der Waals surface area contributed by atoms with Gasteiger partial charge in [-0.15, -0.1) is 0 Å². The van der Waals surface area contributed by atoms with E-state index >= 15 is 0 Å². The Labute approximate surface area is 65.3 Å². The first kappa shape index (κ1) is 7.63. The van der Waals surface area contributed by atoms with Crippen molar-refractivity contribution in [3.05, 3.63) is 46.3 Å². The maximum Gasteiger partial charge on any atom is 0.0298 e. The van der Waals surface area contributed by atoms with Crippen LogP contribution in [0.15, 0.2) is 29.4 Å². The lowest BCUT2D eigenvalue weighted by molar-refractivity contribution is 0.956. The van der Waals surface area contributed by atoms with Crippen LogP contribution in [-0.2, 0) is 6.42 Å². The van der Waals surface area contributed by atoms with Crippen molar-refractivity contribution in [3.8, 4) is 0 Å². The zero-order chi connectivity index (χ0) is 7.94. The Hall–Kier alpha value is -1.47. The zero-order valence-electron chi connectivity index (χ0n) is 6.07. The Morgan fingerprint density at radius 1 is 1.45 bits per heavy atom. The second-order valence-corrected chi connectivity index (χ2v) is 2.11. The van der Waals surface area contributed by atoms with E-state index in [1.165, 1.54) is 5.56 Å². The van der Waals surface area contributed by atoms with Gasteiger partial charge in [-0.3, -0.25) is 0 Å². The van der Waals surface area contributed by atoms with E-state index in [4.69, 9.17) is 5.53 Å². The molecule has 1 aromatic carbocycles. The van der Waals surface area contributed by atoms with Crippen molar-refractivity contribution in [1.82, 2.24) is 0 Å². The van der Waals surface area contributed by atoms with Crippen LogP contribution < -0.4 is 0 Å². The fraction of sp³-hybridized carbons (Fsp3) is 0.250. The van der Waals surface area contributed by atoms with E-state index in [1.807, 2.05) is 24.3 Å². The molecule has 0 fully saturated rings. The lowest BCUT2D eigenvalue weighted by Crippen LogP contribution is -1.86. The summed E-state index contributed by atoms with van der Waals surface area (Å²) in [6, 6.07) is 10.6. The molecule has 0 saturated carbocycles. The summed E-state index contributed by atoms with van der Waals surface area (Å²) in [6.07, 6.45) is 0.804. The molecule has 1 aromatic rings. The van der Waals surface area contributed by atoms with Crippen molar-refractivity contribution in [2.45, 2.75) is 6.42 Å². The largest absolute Gasteiger partial charge is 0.0936 e. The molecule has 0 N–H and O–H groups in total. The zero-order valence-corrected chi connectivity index (χ0v) is 6.07. The van der Waals surface area contributed by atoms with Crippen molar-refractivity contribution in [2.24, 2.45) is 5.11 Å². The van der Waals surface area contributed by atoms with Gasteiger partial charge in [-0.05, 0) is 23.6 Å². The van der Waals surface area contributed by atoms with Gasteiger partial charge in [-0.2, -0.15) is 0 Å². The standard InChI is InChI=1S/C8H8N3/c9-11-10-7-6-8-4-2-1-3-5-8/h2-5H,6-7H2. The van der Waals surface area contributed by atoms with Crippen LogP contribution >= 0.6 is 0 Å². The van der Waals surface area contributed by atoms with Gasteiger partial charge in [0.05, 0.1) is 0 Å². The van der Waals surface area contributed by atoms with Gasteiger partial charge in [0.25, 0.3) is 0 Å². The van der Waals surface area contributed by atoms with Gasteiger partial charge < -0.3 is 0 Å². The van der Waals surface area contributed by atoms with Gasteiger partial charge >= 0.3 is 0 Å². The summed E-state index contributed by atoms with van der Waals surface area (Å²) in [7, 11) is 0. The van der Waals surface area contributed by atoms with Crippen LogP contribution in [0.2, 0.25) is 0 Å². The fourth-order valence-corrected chi connectivity index (χ4v) is 0.812. The molecule has 3 nitrogen and oxygen atoms in total. The summed E-state index contributed by atoms with van der Waals surface area (Å²) in [5.41, 5.74) is 9.17. The summed E-state index contributed by atoms with van der Waals surface area (Å²) >= 11 is 0. The molecule has 0 amide bonds. The number of hydrogen-bond acceptors (Lipinski definition) is 1. The minimum absolute atomic E-state index is 0.528. The first-order chi connectivity index (χ1) is 5.43. The highest BCUT2D eigenvalue weighted by Crippen LogP contribution is 1.98. The number of nitrogens with zero attached hydrogens (tertiary/aromatic N) is 3. The van der Waals surface area contributed by atoms with Crippen LogP contribution in [0.5, 0.6) is 0 Å². The highest BCUT2D eigenvalue weighted by Gasteiger charge is 1.87. The molecule has 0 heterocycles. The maximum atomic E-state index is 8.00. The Kier molecular flexibility index (Phi) is 3.03. The SMILES string of the molecule is [N-]=[N+]=NCCc1cc[c]cc1. The van der Waals surface area contributed by atoms with E-state index < -0.39 is 0 Å². The van der Waals surface area contributed by atoms with Crippen molar-refractivity contribution in [1.29, 1.82) is 0 Å². The molecule has 55 valence electrons. The third-order valence-electron chi connectivity index (χ3n) is 1.35. The summed E-state index contributed by atoms with van der Waals surface area (Å²) < 4.78 is 0. The van der Waals surface area contributed by atoms with Gasteiger partial charge in [-0.25, -0.2) is 0 Å². The minimum atomic E-state index is 0.528. The molecule has 0 aliphatic rings. The Bertz CT molecular complexity index is 249. The molecular formula is C8H8N3. The van der Waals surface area contributed by atoms with Crippen LogP contribution in [0.25, 0.3) is 10.4 Å². The maximum absolute atomic E-state index is 8.00. The normalized spacial score (nSPS) is 8.73. The average molecular weight is 146 g/mol. The number of benzene rings is 1. The molecule has 0 aliphatic heterocycles. The molecule has 1 rings (SSSR count).